The fourth-order valence-corrected chi connectivity index (χ4v) is 3.44. The number of furan rings is 1. The summed E-state index contributed by atoms with van der Waals surface area (Å²) in [6.07, 6.45) is 7.01. The fraction of sp³-hybridized carbons (Fsp3) is 0.400. The first-order valence-corrected chi connectivity index (χ1v) is 8.71. The van der Waals surface area contributed by atoms with Crippen molar-refractivity contribution < 1.29 is 18.7 Å². The highest BCUT2D eigenvalue weighted by Gasteiger charge is 2.29. The van der Waals surface area contributed by atoms with Gasteiger partial charge in [0.1, 0.15) is 5.76 Å². The molecule has 5 heteroatoms. The topological polar surface area (TPSA) is 59.8 Å². The molecule has 1 aliphatic rings. The molecule has 0 aliphatic heterocycles. The molecule has 132 valence electrons. The molecule has 2 aromatic rings. The van der Waals surface area contributed by atoms with Gasteiger partial charge in [0.25, 0.3) is 5.91 Å². The van der Waals surface area contributed by atoms with E-state index < -0.39 is 5.97 Å². The first-order valence-electron chi connectivity index (χ1n) is 8.71. The monoisotopic (exact) mass is 341 g/mol. The predicted octanol–water partition coefficient (Wildman–Crippen LogP) is 4.04. The molecule has 0 spiro atoms. The summed E-state index contributed by atoms with van der Waals surface area (Å²) in [6, 6.07) is 10.7. The number of carbonyl (C=O) groups is 2. The molecule has 0 saturated heterocycles. The van der Waals surface area contributed by atoms with E-state index in [9.17, 15) is 9.59 Å². The van der Waals surface area contributed by atoms with Gasteiger partial charge < -0.3 is 14.1 Å². The van der Waals surface area contributed by atoms with Crippen molar-refractivity contribution in [1.82, 2.24) is 4.90 Å². The number of amides is 1. The molecule has 1 saturated carbocycles. The predicted molar refractivity (Wildman–Crippen MR) is 93.2 cm³/mol. The lowest BCUT2D eigenvalue weighted by Crippen LogP contribution is -2.41. The zero-order valence-electron chi connectivity index (χ0n) is 14.4. The van der Waals surface area contributed by atoms with Crippen molar-refractivity contribution in [2.24, 2.45) is 0 Å². The van der Waals surface area contributed by atoms with Gasteiger partial charge in [-0.1, -0.05) is 31.4 Å². The summed E-state index contributed by atoms with van der Waals surface area (Å²) < 4.78 is 10.3. The van der Waals surface area contributed by atoms with Crippen LogP contribution in [0.5, 0.6) is 0 Å². The van der Waals surface area contributed by atoms with Gasteiger partial charge in [0, 0.05) is 6.04 Å². The highest BCUT2D eigenvalue weighted by molar-refractivity contribution is 6.05. The van der Waals surface area contributed by atoms with Crippen LogP contribution in [0.4, 0.5) is 0 Å². The van der Waals surface area contributed by atoms with E-state index in [-0.39, 0.29) is 11.9 Å². The molecule has 0 bridgehead atoms. The van der Waals surface area contributed by atoms with E-state index >= 15 is 0 Å². The minimum Gasteiger partial charge on any atom is -0.467 e. The van der Waals surface area contributed by atoms with Crippen LogP contribution in [-0.2, 0) is 11.3 Å². The smallest absolute Gasteiger partial charge is 0.338 e. The third-order valence-electron chi connectivity index (χ3n) is 4.75. The number of ether oxygens (including phenoxy) is 1. The molecule has 0 atom stereocenters. The molecule has 1 aliphatic carbocycles. The van der Waals surface area contributed by atoms with Crippen LogP contribution in [0.15, 0.2) is 47.1 Å². The molecular weight excluding hydrogens is 318 g/mol. The van der Waals surface area contributed by atoms with Gasteiger partial charge in [-0.2, -0.15) is 0 Å². The Hall–Kier alpha value is -2.56. The number of benzene rings is 1. The van der Waals surface area contributed by atoms with Crippen LogP contribution in [0.1, 0.15) is 58.6 Å². The van der Waals surface area contributed by atoms with Crippen LogP contribution < -0.4 is 0 Å². The Balaban J connectivity index is 1.92. The largest absolute Gasteiger partial charge is 0.467 e. The fourth-order valence-electron chi connectivity index (χ4n) is 3.44. The van der Waals surface area contributed by atoms with Gasteiger partial charge >= 0.3 is 5.97 Å². The maximum Gasteiger partial charge on any atom is 0.338 e. The lowest BCUT2D eigenvalue weighted by atomic mass is 9.93. The van der Waals surface area contributed by atoms with E-state index in [2.05, 4.69) is 0 Å². The zero-order chi connectivity index (χ0) is 17.6. The van der Waals surface area contributed by atoms with E-state index in [0.29, 0.717) is 17.7 Å². The molecule has 1 heterocycles. The number of methoxy groups -OCH3 is 1. The van der Waals surface area contributed by atoms with E-state index in [1.165, 1.54) is 13.5 Å². The van der Waals surface area contributed by atoms with E-state index in [0.717, 1.165) is 31.4 Å². The third-order valence-corrected chi connectivity index (χ3v) is 4.75. The van der Waals surface area contributed by atoms with Gasteiger partial charge in [-0.05, 0) is 37.1 Å². The summed E-state index contributed by atoms with van der Waals surface area (Å²) in [7, 11) is 1.32. The quantitative estimate of drug-likeness (QED) is 0.770. The summed E-state index contributed by atoms with van der Waals surface area (Å²) in [4.78, 5) is 27.2. The van der Waals surface area contributed by atoms with Gasteiger partial charge in [0.2, 0.25) is 0 Å². The summed E-state index contributed by atoms with van der Waals surface area (Å²) in [5, 5.41) is 0. The molecule has 1 aromatic heterocycles. The first kappa shape index (κ1) is 17.3. The molecule has 1 fully saturated rings. The lowest BCUT2D eigenvalue weighted by molar-refractivity contribution is 0.0556. The second kappa shape index (κ2) is 8.01. The Morgan fingerprint density at radius 3 is 2.44 bits per heavy atom. The molecule has 1 amide bonds. The van der Waals surface area contributed by atoms with Crippen LogP contribution in [0.3, 0.4) is 0 Å². The van der Waals surface area contributed by atoms with Crippen molar-refractivity contribution in [2.75, 3.05) is 7.11 Å². The minimum atomic E-state index is -0.495. The Morgan fingerprint density at radius 2 is 1.80 bits per heavy atom. The first-order chi connectivity index (χ1) is 12.2. The number of rotatable bonds is 5. The Morgan fingerprint density at radius 1 is 1.08 bits per heavy atom. The number of hydrogen-bond acceptors (Lipinski definition) is 4. The molecule has 0 radical (unpaired) electrons. The zero-order valence-corrected chi connectivity index (χ0v) is 14.4. The average Bonchev–Trinajstić information content (AvgIpc) is 3.19. The second-order valence-electron chi connectivity index (χ2n) is 6.34. The van der Waals surface area contributed by atoms with Crippen LogP contribution in [-0.4, -0.2) is 29.9 Å². The third kappa shape index (κ3) is 3.92. The molecule has 0 N–H and O–H groups in total. The minimum absolute atomic E-state index is 0.149. The number of esters is 1. The van der Waals surface area contributed by atoms with Crippen LogP contribution in [0.2, 0.25) is 0 Å². The lowest BCUT2D eigenvalue weighted by Gasteiger charge is -2.34. The van der Waals surface area contributed by atoms with Crippen molar-refractivity contribution in [2.45, 2.75) is 44.7 Å². The molecular formula is C20H23NO4. The Labute approximate surface area is 147 Å². The number of carbonyl (C=O) groups excluding carboxylic acids is 2. The van der Waals surface area contributed by atoms with E-state index in [1.54, 1.807) is 30.5 Å². The number of hydrogen-bond donors (Lipinski definition) is 0. The van der Waals surface area contributed by atoms with E-state index in [1.807, 2.05) is 17.0 Å². The average molecular weight is 341 g/mol. The van der Waals surface area contributed by atoms with Crippen LogP contribution >= 0.6 is 0 Å². The second-order valence-corrected chi connectivity index (χ2v) is 6.34. The molecule has 3 rings (SSSR count). The Bertz CT molecular complexity index is 717. The van der Waals surface area contributed by atoms with Crippen molar-refractivity contribution in [3.63, 3.8) is 0 Å². The van der Waals surface area contributed by atoms with Gasteiger partial charge in [0.05, 0.1) is 31.0 Å². The Kier molecular flexibility index (Phi) is 5.53. The molecule has 25 heavy (non-hydrogen) atoms. The highest BCUT2D eigenvalue weighted by Crippen LogP contribution is 2.26. The van der Waals surface area contributed by atoms with Gasteiger partial charge in [-0.15, -0.1) is 0 Å². The maximum atomic E-state index is 13.3. The van der Waals surface area contributed by atoms with Crippen molar-refractivity contribution in [1.29, 1.82) is 0 Å². The molecule has 0 unspecified atom stereocenters. The van der Waals surface area contributed by atoms with E-state index in [4.69, 9.17) is 9.15 Å². The summed E-state index contributed by atoms with van der Waals surface area (Å²) in [5.41, 5.74) is 0.682. The van der Waals surface area contributed by atoms with Gasteiger partial charge in [-0.3, -0.25) is 4.79 Å². The normalized spacial score (nSPS) is 14.9. The van der Waals surface area contributed by atoms with Gasteiger partial charge in [-0.25, -0.2) is 4.79 Å². The van der Waals surface area contributed by atoms with Crippen LogP contribution in [0.25, 0.3) is 0 Å². The van der Waals surface area contributed by atoms with Crippen LogP contribution in [0, 0.1) is 0 Å². The SMILES string of the molecule is COC(=O)c1ccccc1C(=O)N(Cc1ccco1)C1CCCCC1. The maximum absolute atomic E-state index is 13.3. The molecule has 1 aromatic carbocycles. The van der Waals surface area contributed by atoms with Crippen molar-refractivity contribution in [3.8, 4) is 0 Å². The summed E-state index contributed by atoms with van der Waals surface area (Å²) in [6.45, 7) is 0.409. The number of nitrogens with zero attached hydrogens (tertiary/aromatic N) is 1. The van der Waals surface area contributed by atoms with Crippen molar-refractivity contribution >= 4 is 11.9 Å². The standard InChI is InChI=1S/C20H23NO4/c1-24-20(23)18-12-6-5-11-17(18)19(22)21(14-16-10-7-13-25-16)15-8-3-2-4-9-15/h5-7,10-13,15H,2-4,8-9,14H2,1H3. The summed E-state index contributed by atoms with van der Waals surface area (Å²) >= 11 is 0. The molecule has 5 nitrogen and oxygen atoms in total. The van der Waals surface area contributed by atoms with Gasteiger partial charge in [0.15, 0.2) is 0 Å². The highest BCUT2D eigenvalue weighted by atomic mass is 16.5. The van der Waals surface area contributed by atoms with Crippen molar-refractivity contribution in [3.05, 3.63) is 59.5 Å². The summed E-state index contributed by atoms with van der Waals surface area (Å²) in [5.74, 6) is 0.101.